The SMILES string of the molecule is N#Cc1cccc2c1CC(=NN)c1cccc(F)c1S2. The molecule has 1 aliphatic heterocycles. The highest BCUT2D eigenvalue weighted by Gasteiger charge is 2.23. The van der Waals surface area contributed by atoms with E-state index in [1.165, 1.54) is 17.8 Å². The van der Waals surface area contributed by atoms with Crippen molar-refractivity contribution in [3.8, 4) is 6.07 Å². The van der Waals surface area contributed by atoms with E-state index in [9.17, 15) is 9.65 Å². The summed E-state index contributed by atoms with van der Waals surface area (Å²) in [6.07, 6.45) is 0.430. The van der Waals surface area contributed by atoms with Crippen LogP contribution in [0.15, 0.2) is 51.3 Å². The van der Waals surface area contributed by atoms with E-state index >= 15 is 0 Å². The molecule has 3 nitrogen and oxygen atoms in total. The highest BCUT2D eigenvalue weighted by atomic mass is 32.2. The molecule has 0 amide bonds. The number of rotatable bonds is 0. The molecule has 0 unspecified atom stereocenters. The quantitative estimate of drug-likeness (QED) is 0.597. The number of nitriles is 1. The molecule has 0 bridgehead atoms. The molecule has 1 heterocycles. The Morgan fingerprint density at radius 3 is 2.80 bits per heavy atom. The minimum Gasteiger partial charge on any atom is -0.323 e. The van der Waals surface area contributed by atoms with Crippen LogP contribution < -0.4 is 5.84 Å². The fourth-order valence-corrected chi connectivity index (χ4v) is 3.41. The molecule has 0 aromatic heterocycles. The number of hydrogen-bond acceptors (Lipinski definition) is 4. The van der Waals surface area contributed by atoms with Crippen molar-refractivity contribution in [2.45, 2.75) is 16.2 Å². The summed E-state index contributed by atoms with van der Waals surface area (Å²) in [7, 11) is 0. The molecule has 2 N–H and O–H groups in total. The van der Waals surface area contributed by atoms with Gasteiger partial charge in [0.1, 0.15) is 5.82 Å². The molecule has 0 saturated carbocycles. The molecule has 20 heavy (non-hydrogen) atoms. The largest absolute Gasteiger partial charge is 0.323 e. The Labute approximate surface area is 119 Å². The number of halogens is 1. The number of hydrogen-bond donors (Lipinski definition) is 1. The summed E-state index contributed by atoms with van der Waals surface area (Å²) in [6, 6.07) is 12.5. The van der Waals surface area contributed by atoms with Crippen LogP contribution in [0.2, 0.25) is 0 Å². The van der Waals surface area contributed by atoms with Crippen LogP contribution in [0, 0.1) is 17.1 Å². The van der Waals surface area contributed by atoms with Gasteiger partial charge in [-0.25, -0.2) is 4.39 Å². The van der Waals surface area contributed by atoms with E-state index in [4.69, 9.17) is 5.84 Å². The molecule has 3 rings (SSSR count). The Hall–Kier alpha value is -2.32. The molecular weight excluding hydrogens is 273 g/mol. The molecule has 0 atom stereocenters. The number of fused-ring (bicyclic) bond motifs is 2. The lowest BCUT2D eigenvalue weighted by atomic mass is 9.98. The first-order valence-corrected chi connectivity index (χ1v) is 6.81. The van der Waals surface area contributed by atoms with Gasteiger partial charge in [0.15, 0.2) is 0 Å². The highest BCUT2D eigenvalue weighted by molar-refractivity contribution is 7.99. The van der Waals surface area contributed by atoms with Gasteiger partial charge in [0.25, 0.3) is 0 Å². The topological polar surface area (TPSA) is 62.2 Å². The standard InChI is InChI=1S/C15H10FN3S/c16-12-5-2-4-10-13(19-18)7-11-9(8-17)3-1-6-14(11)20-15(10)12/h1-6H,7,18H2. The third-order valence-electron chi connectivity index (χ3n) is 3.24. The maximum atomic E-state index is 14.1. The molecule has 0 fully saturated rings. The molecule has 5 heteroatoms. The Morgan fingerprint density at radius 1 is 1.25 bits per heavy atom. The van der Waals surface area contributed by atoms with E-state index < -0.39 is 0 Å². The Bertz CT molecular complexity index is 762. The zero-order valence-corrected chi connectivity index (χ0v) is 11.2. The van der Waals surface area contributed by atoms with Gasteiger partial charge in [-0.15, -0.1) is 0 Å². The summed E-state index contributed by atoms with van der Waals surface area (Å²) in [5.41, 5.74) is 2.70. The Morgan fingerprint density at radius 2 is 2.05 bits per heavy atom. The molecule has 2 aromatic carbocycles. The zero-order valence-electron chi connectivity index (χ0n) is 10.4. The van der Waals surface area contributed by atoms with Gasteiger partial charge >= 0.3 is 0 Å². The van der Waals surface area contributed by atoms with Crippen molar-refractivity contribution in [3.05, 3.63) is 58.9 Å². The van der Waals surface area contributed by atoms with Crippen molar-refractivity contribution in [1.29, 1.82) is 5.26 Å². The van der Waals surface area contributed by atoms with E-state index in [1.54, 1.807) is 24.3 Å². The lowest BCUT2D eigenvalue weighted by molar-refractivity contribution is 0.601. The van der Waals surface area contributed by atoms with Crippen LogP contribution >= 0.6 is 11.8 Å². The number of benzene rings is 2. The van der Waals surface area contributed by atoms with Gasteiger partial charge in [-0.3, -0.25) is 0 Å². The highest BCUT2D eigenvalue weighted by Crippen LogP contribution is 2.39. The predicted molar refractivity (Wildman–Crippen MR) is 76.1 cm³/mol. The lowest BCUT2D eigenvalue weighted by Gasteiger charge is -2.06. The fraction of sp³-hybridized carbons (Fsp3) is 0.0667. The van der Waals surface area contributed by atoms with E-state index in [2.05, 4.69) is 11.2 Å². The number of nitrogens with zero attached hydrogens (tertiary/aromatic N) is 2. The first-order valence-electron chi connectivity index (χ1n) is 6.00. The summed E-state index contributed by atoms with van der Waals surface area (Å²) in [5.74, 6) is 5.16. The summed E-state index contributed by atoms with van der Waals surface area (Å²) < 4.78 is 14.1. The maximum Gasteiger partial charge on any atom is 0.137 e. The second-order valence-corrected chi connectivity index (χ2v) is 5.42. The third kappa shape index (κ3) is 1.95. The molecule has 0 aliphatic carbocycles. The van der Waals surface area contributed by atoms with Crippen LogP contribution in [-0.2, 0) is 6.42 Å². The van der Waals surface area contributed by atoms with Crippen molar-refractivity contribution in [2.24, 2.45) is 10.9 Å². The maximum absolute atomic E-state index is 14.1. The van der Waals surface area contributed by atoms with Gasteiger partial charge in [0.2, 0.25) is 0 Å². The van der Waals surface area contributed by atoms with Crippen molar-refractivity contribution in [3.63, 3.8) is 0 Å². The molecular formula is C15H10FN3S. The van der Waals surface area contributed by atoms with E-state index in [-0.39, 0.29) is 5.82 Å². The predicted octanol–water partition coefficient (Wildman–Crippen LogP) is 3.07. The van der Waals surface area contributed by atoms with E-state index in [1.807, 2.05) is 6.07 Å². The van der Waals surface area contributed by atoms with Crippen molar-refractivity contribution in [2.75, 3.05) is 0 Å². The second-order valence-electron chi connectivity index (χ2n) is 4.37. The minimum absolute atomic E-state index is 0.302. The summed E-state index contributed by atoms with van der Waals surface area (Å²) in [5, 5.41) is 13.0. The van der Waals surface area contributed by atoms with Gasteiger partial charge < -0.3 is 5.84 Å². The van der Waals surface area contributed by atoms with Crippen LogP contribution in [-0.4, -0.2) is 5.71 Å². The Kier molecular flexibility index (Phi) is 3.17. The molecule has 1 aliphatic rings. The minimum atomic E-state index is -0.302. The summed E-state index contributed by atoms with van der Waals surface area (Å²) in [4.78, 5) is 1.37. The van der Waals surface area contributed by atoms with Crippen LogP contribution in [0.3, 0.4) is 0 Å². The average molecular weight is 283 g/mol. The van der Waals surface area contributed by atoms with Gasteiger partial charge in [-0.05, 0) is 23.8 Å². The Balaban J connectivity index is 2.28. The average Bonchev–Trinajstić information content (AvgIpc) is 2.64. The number of nitrogens with two attached hydrogens (primary N) is 1. The lowest BCUT2D eigenvalue weighted by Crippen LogP contribution is -2.09. The van der Waals surface area contributed by atoms with Crippen LogP contribution in [0.25, 0.3) is 0 Å². The molecule has 0 spiro atoms. The summed E-state index contributed by atoms with van der Waals surface area (Å²) >= 11 is 1.32. The molecule has 0 radical (unpaired) electrons. The zero-order chi connectivity index (χ0) is 14.1. The molecule has 0 saturated heterocycles. The first-order chi connectivity index (χ1) is 9.74. The molecule has 98 valence electrons. The van der Waals surface area contributed by atoms with Crippen LogP contribution in [0.1, 0.15) is 16.7 Å². The smallest absolute Gasteiger partial charge is 0.137 e. The van der Waals surface area contributed by atoms with Gasteiger partial charge in [-0.1, -0.05) is 30.0 Å². The van der Waals surface area contributed by atoms with Crippen molar-refractivity contribution in [1.82, 2.24) is 0 Å². The van der Waals surface area contributed by atoms with E-state index in [0.29, 0.717) is 28.2 Å². The summed E-state index contributed by atoms with van der Waals surface area (Å²) in [6.45, 7) is 0. The fourth-order valence-electron chi connectivity index (χ4n) is 2.28. The second kappa shape index (κ2) is 4.99. The van der Waals surface area contributed by atoms with Crippen molar-refractivity contribution >= 4 is 17.5 Å². The normalized spacial score (nSPS) is 15.1. The molecule has 2 aromatic rings. The monoisotopic (exact) mass is 283 g/mol. The van der Waals surface area contributed by atoms with E-state index in [0.717, 1.165) is 10.5 Å². The van der Waals surface area contributed by atoms with Crippen LogP contribution in [0.4, 0.5) is 4.39 Å². The van der Waals surface area contributed by atoms with Gasteiger partial charge in [0, 0.05) is 16.9 Å². The van der Waals surface area contributed by atoms with Crippen LogP contribution in [0.5, 0.6) is 0 Å². The van der Waals surface area contributed by atoms with Gasteiger partial charge in [-0.2, -0.15) is 10.4 Å². The van der Waals surface area contributed by atoms with Gasteiger partial charge in [0.05, 0.1) is 22.2 Å². The number of hydrazone groups is 1. The third-order valence-corrected chi connectivity index (χ3v) is 4.46. The first kappa shape index (κ1) is 12.7. The van der Waals surface area contributed by atoms with Crippen molar-refractivity contribution < 1.29 is 4.39 Å².